The molecule has 0 radical (unpaired) electrons. The molecule has 0 aromatic rings. The first-order valence-electron chi connectivity index (χ1n) is 5.17. The summed E-state index contributed by atoms with van der Waals surface area (Å²) < 4.78 is 4.95. The minimum Gasteiger partial charge on any atom is -0.480 e. The van der Waals surface area contributed by atoms with E-state index in [0.29, 0.717) is 5.75 Å². The molecule has 0 aliphatic rings. The molecular weight excluding hydrogens is 246 g/mol. The van der Waals surface area contributed by atoms with E-state index < -0.39 is 23.7 Å². The van der Waals surface area contributed by atoms with Gasteiger partial charge in [0.1, 0.15) is 11.6 Å². The van der Waals surface area contributed by atoms with Crippen LogP contribution < -0.4 is 5.32 Å². The number of aliphatic hydroxyl groups is 1. The quantitative estimate of drug-likeness (QED) is 0.611. The fourth-order valence-corrected chi connectivity index (χ4v) is 1.65. The van der Waals surface area contributed by atoms with Crippen LogP contribution in [0.1, 0.15) is 20.8 Å². The number of carboxylic acid groups (broad SMARTS) is 1. The average molecular weight is 265 g/mol. The summed E-state index contributed by atoms with van der Waals surface area (Å²) in [6, 6.07) is -1.01. The Balaban J connectivity index is 4.16. The highest BCUT2D eigenvalue weighted by Gasteiger charge is 2.23. The van der Waals surface area contributed by atoms with Crippen molar-refractivity contribution in [3.05, 3.63) is 0 Å². The van der Waals surface area contributed by atoms with Gasteiger partial charge in [0, 0.05) is 11.5 Å². The van der Waals surface area contributed by atoms with E-state index in [1.165, 1.54) is 11.8 Å². The number of carboxylic acids is 1. The number of hydrogen-bond acceptors (Lipinski definition) is 5. The smallest absolute Gasteiger partial charge is 0.408 e. The number of rotatable bonds is 6. The van der Waals surface area contributed by atoms with Gasteiger partial charge in [0.15, 0.2) is 0 Å². The zero-order valence-electron chi connectivity index (χ0n) is 10.2. The Morgan fingerprint density at radius 3 is 2.41 bits per heavy atom. The van der Waals surface area contributed by atoms with Crippen LogP contribution >= 0.6 is 11.8 Å². The van der Waals surface area contributed by atoms with Gasteiger partial charge in [-0.1, -0.05) is 0 Å². The van der Waals surface area contributed by atoms with Crippen LogP contribution in [0, 0.1) is 0 Å². The predicted octanol–water partition coefficient (Wildman–Crippen LogP) is 0.690. The van der Waals surface area contributed by atoms with E-state index >= 15 is 0 Å². The fourth-order valence-electron chi connectivity index (χ4n) is 0.890. The molecule has 17 heavy (non-hydrogen) atoms. The maximum absolute atomic E-state index is 11.4. The van der Waals surface area contributed by atoms with E-state index in [0.717, 1.165) is 0 Å². The van der Waals surface area contributed by atoms with Gasteiger partial charge >= 0.3 is 12.1 Å². The lowest BCUT2D eigenvalue weighted by atomic mass is 10.2. The van der Waals surface area contributed by atoms with Crippen molar-refractivity contribution >= 4 is 23.8 Å². The van der Waals surface area contributed by atoms with E-state index in [9.17, 15) is 9.59 Å². The molecule has 0 aromatic carbocycles. The van der Waals surface area contributed by atoms with Gasteiger partial charge in [0.05, 0.1) is 6.61 Å². The second kappa shape index (κ2) is 7.39. The number of nitrogens with one attached hydrogen (secondary N) is 1. The maximum Gasteiger partial charge on any atom is 0.408 e. The first-order valence-corrected chi connectivity index (χ1v) is 6.32. The number of aliphatic carboxylic acids is 1. The van der Waals surface area contributed by atoms with Gasteiger partial charge < -0.3 is 20.3 Å². The molecule has 3 N–H and O–H groups in total. The van der Waals surface area contributed by atoms with E-state index in [-0.39, 0.29) is 12.4 Å². The highest BCUT2D eigenvalue weighted by molar-refractivity contribution is 7.99. The van der Waals surface area contributed by atoms with Gasteiger partial charge in [-0.3, -0.25) is 0 Å². The van der Waals surface area contributed by atoms with Crippen LogP contribution in [0.4, 0.5) is 4.79 Å². The van der Waals surface area contributed by atoms with Gasteiger partial charge in [-0.25, -0.2) is 9.59 Å². The summed E-state index contributed by atoms with van der Waals surface area (Å²) >= 11 is 1.25. The van der Waals surface area contributed by atoms with Crippen LogP contribution in [0.5, 0.6) is 0 Å². The van der Waals surface area contributed by atoms with Crippen LogP contribution in [-0.4, -0.2) is 52.0 Å². The first kappa shape index (κ1) is 16.1. The second-order valence-electron chi connectivity index (χ2n) is 4.34. The summed E-state index contributed by atoms with van der Waals surface area (Å²) in [5, 5.41) is 19.7. The topological polar surface area (TPSA) is 95.9 Å². The second-order valence-corrected chi connectivity index (χ2v) is 5.49. The molecule has 6 nitrogen and oxygen atoms in total. The molecule has 0 spiro atoms. The minimum absolute atomic E-state index is 0.0244. The van der Waals surface area contributed by atoms with Gasteiger partial charge in [0.25, 0.3) is 0 Å². The Kier molecular flexibility index (Phi) is 6.98. The monoisotopic (exact) mass is 265 g/mol. The summed E-state index contributed by atoms with van der Waals surface area (Å²) in [5.74, 6) is -0.504. The van der Waals surface area contributed by atoms with Crippen LogP contribution in [0.3, 0.4) is 0 Å². The number of amides is 1. The van der Waals surface area contributed by atoms with Crippen LogP contribution in [0.25, 0.3) is 0 Å². The zero-order valence-corrected chi connectivity index (χ0v) is 11.0. The standard InChI is InChI=1S/C10H19NO5S/c1-10(2,3)16-9(15)11-7(8(13)14)6-17-5-4-12/h7,12H,4-6H2,1-3H3,(H,11,15)(H,13,14)/t7-/m0/s1. The molecule has 0 saturated carbocycles. The molecule has 1 amide bonds. The lowest BCUT2D eigenvalue weighted by Gasteiger charge is -2.21. The minimum atomic E-state index is -1.12. The molecule has 0 heterocycles. The lowest BCUT2D eigenvalue weighted by Crippen LogP contribution is -2.45. The van der Waals surface area contributed by atoms with Crippen molar-refractivity contribution in [1.29, 1.82) is 0 Å². The normalized spacial score (nSPS) is 12.9. The van der Waals surface area contributed by atoms with E-state index in [2.05, 4.69) is 5.32 Å². The summed E-state index contributed by atoms with van der Waals surface area (Å²) in [6.45, 7) is 5.07. The zero-order chi connectivity index (χ0) is 13.5. The molecule has 0 aliphatic carbocycles. The summed E-state index contributed by atoms with van der Waals surface area (Å²) in [4.78, 5) is 22.2. The molecule has 100 valence electrons. The Hall–Kier alpha value is -0.950. The Morgan fingerprint density at radius 2 is 2.00 bits per heavy atom. The highest BCUT2D eigenvalue weighted by atomic mass is 32.2. The molecule has 1 atom stereocenters. The van der Waals surface area contributed by atoms with Crippen LogP contribution in [-0.2, 0) is 9.53 Å². The third-order valence-corrected chi connectivity index (χ3v) is 2.55. The number of ether oxygens (including phenoxy) is 1. The Labute approximate surface area is 105 Å². The Bertz CT molecular complexity index is 264. The molecule has 7 heteroatoms. The largest absolute Gasteiger partial charge is 0.480 e. The van der Waals surface area contributed by atoms with Gasteiger partial charge in [-0.05, 0) is 20.8 Å². The van der Waals surface area contributed by atoms with Gasteiger partial charge in [0.2, 0.25) is 0 Å². The van der Waals surface area contributed by atoms with Gasteiger partial charge in [-0.2, -0.15) is 11.8 Å². The fraction of sp³-hybridized carbons (Fsp3) is 0.800. The predicted molar refractivity (Wildman–Crippen MR) is 65.2 cm³/mol. The molecular formula is C10H19NO5S. The van der Waals surface area contributed by atoms with Gasteiger partial charge in [-0.15, -0.1) is 0 Å². The van der Waals surface area contributed by atoms with Crippen molar-refractivity contribution in [2.24, 2.45) is 0 Å². The first-order chi connectivity index (χ1) is 7.76. The molecule has 0 fully saturated rings. The number of carbonyl (C=O) groups is 2. The van der Waals surface area contributed by atoms with E-state index in [4.69, 9.17) is 14.9 Å². The highest BCUT2D eigenvalue weighted by Crippen LogP contribution is 2.08. The van der Waals surface area contributed by atoms with Crippen LogP contribution in [0.15, 0.2) is 0 Å². The number of aliphatic hydroxyl groups excluding tert-OH is 1. The van der Waals surface area contributed by atoms with E-state index in [1.807, 2.05) is 0 Å². The molecule has 0 saturated heterocycles. The van der Waals surface area contributed by atoms with E-state index in [1.54, 1.807) is 20.8 Å². The van der Waals surface area contributed by atoms with Crippen molar-refractivity contribution in [1.82, 2.24) is 5.32 Å². The summed E-state index contributed by atoms with van der Waals surface area (Å²) in [5.41, 5.74) is -0.661. The summed E-state index contributed by atoms with van der Waals surface area (Å²) in [6.07, 6.45) is -0.755. The molecule has 0 bridgehead atoms. The average Bonchev–Trinajstić information content (AvgIpc) is 2.13. The van der Waals surface area contributed by atoms with Crippen molar-refractivity contribution in [2.75, 3.05) is 18.1 Å². The van der Waals surface area contributed by atoms with Crippen molar-refractivity contribution in [3.8, 4) is 0 Å². The third-order valence-electron chi connectivity index (χ3n) is 1.51. The number of hydrogen-bond donors (Lipinski definition) is 3. The SMILES string of the molecule is CC(C)(C)OC(=O)N[C@@H](CSCCO)C(=O)O. The Morgan fingerprint density at radius 1 is 1.41 bits per heavy atom. The molecule has 0 rings (SSSR count). The lowest BCUT2D eigenvalue weighted by molar-refractivity contribution is -0.138. The molecule has 0 aromatic heterocycles. The maximum atomic E-state index is 11.4. The van der Waals surface area contributed by atoms with Crippen LogP contribution in [0.2, 0.25) is 0 Å². The van der Waals surface area contributed by atoms with Crippen molar-refractivity contribution in [2.45, 2.75) is 32.4 Å². The van der Waals surface area contributed by atoms with Crippen molar-refractivity contribution in [3.63, 3.8) is 0 Å². The molecule has 0 unspecified atom stereocenters. The van der Waals surface area contributed by atoms with Crippen molar-refractivity contribution < 1.29 is 24.5 Å². The third kappa shape index (κ3) is 8.82. The summed E-state index contributed by atoms with van der Waals surface area (Å²) in [7, 11) is 0. The molecule has 0 aliphatic heterocycles. The number of alkyl carbamates (subject to hydrolysis) is 1. The number of thioether (sulfide) groups is 1. The number of carbonyl (C=O) groups excluding carboxylic acids is 1.